The summed E-state index contributed by atoms with van der Waals surface area (Å²) < 4.78 is 1.80. The fourth-order valence-corrected chi connectivity index (χ4v) is 4.45. The number of rotatable bonds is 3. The van der Waals surface area contributed by atoms with Crippen LogP contribution in [0.3, 0.4) is 0 Å². The summed E-state index contributed by atoms with van der Waals surface area (Å²) in [6.07, 6.45) is 5.08. The van der Waals surface area contributed by atoms with Crippen LogP contribution in [0.4, 0.5) is 5.95 Å². The van der Waals surface area contributed by atoms with Crippen LogP contribution in [-0.2, 0) is 12.8 Å². The maximum absolute atomic E-state index is 9.18. The lowest BCUT2D eigenvalue weighted by Gasteiger charge is -2.19. The van der Waals surface area contributed by atoms with Crippen LogP contribution >= 0.6 is 11.3 Å². The predicted octanol–water partition coefficient (Wildman–Crippen LogP) is 1.89. The van der Waals surface area contributed by atoms with Gasteiger partial charge in [-0.25, -0.2) is 9.97 Å². The number of hydrogen-bond acceptors (Lipinski definition) is 6. The second kappa shape index (κ2) is 5.17. The van der Waals surface area contributed by atoms with Gasteiger partial charge in [0.05, 0.1) is 12.0 Å². The Balaban J connectivity index is 1.99. The number of aliphatic hydroxyl groups is 1. The molecule has 3 aromatic heterocycles. The van der Waals surface area contributed by atoms with Gasteiger partial charge in [0.2, 0.25) is 5.95 Å². The summed E-state index contributed by atoms with van der Waals surface area (Å²) in [6, 6.07) is 0. The standard InChI is InChI=1S/C15H19N5OS/c1-9-3-4-11-10(7-9)12-13-16-8-17-20(13)15(18-14(12)22-11)19(2)5-6-21/h8-9,21H,3-7H2,1-2H3/t9-/m0/s1. The molecule has 0 fully saturated rings. The summed E-state index contributed by atoms with van der Waals surface area (Å²) in [5.41, 5.74) is 2.30. The zero-order chi connectivity index (χ0) is 15.3. The summed E-state index contributed by atoms with van der Waals surface area (Å²) in [6.45, 7) is 2.92. The minimum atomic E-state index is 0.0882. The van der Waals surface area contributed by atoms with Crippen molar-refractivity contribution >= 4 is 33.1 Å². The molecule has 4 rings (SSSR count). The van der Waals surface area contributed by atoms with Crippen LogP contribution in [0.1, 0.15) is 23.8 Å². The van der Waals surface area contributed by atoms with Crippen molar-refractivity contribution in [3.8, 4) is 0 Å². The average Bonchev–Trinajstić information content (AvgIpc) is 3.09. The van der Waals surface area contributed by atoms with Crippen molar-refractivity contribution in [3.05, 3.63) is 16.8 Å². The number of aromatic nitrogens is 4. The molecule has 1 aliphatic carbocycles. The molecule has 0 aromatic carbocycles. The molecule has 0 unspecified atom stereocenters. The van der Waals surface area contributed by atoms with Gasteiger partial charge in [0.1, 0.15) is 11.2 Å². The van der Waals surface area contributed by atoms with Gasteiger partial charge in [-0.2, -0.15) is 9.61 Å². The first-order chi connectivity index (χ1) is 10.7. The smallest absolute Gasteiger partial charge is 0.229 e. The first-order valence-electron chi connectivity index (χ1n) is 7.65. The average molecular weight is 317 g/mol. The van der Waals surface area contributed by atoms with E-state index in [1.807, 2.05) is 11.9 Å². The van der Waals surface area contributed by atoms with Crippen molar-refractivity contribution in [2.45, 2.75) is 26.2 Å². The summed E-state index contributed by atoms with van der Waals surface area (Å²) in [7, 11) is 1.92. The number of nitrogens with zero attached hydrogens (tertiary/aromatic N) is 5. The molecule has 0 saturated carbocycles. The van der Waals surface area contributed by atoms with Crippen molar-refractivity contribution in [2.24, 2.45) is 5.92 Å². The quantitative estimate of drug-likeness (QED) is 0.799. The highest BCUT2D eigenvalue weighted by Gasteiger charge is 2.25. The molecule has 0 aliphatic heterocycles. The van der Waals surface area contributed by atoms with Crippen molar-refractivity contribution in [1.29, 1.82) is 0 Å². The molecular formula is C15H19N5OS. The van der Waals surface area contributed by atoms with E-state index in [-0.39, 0.29) is 6.61 Å². The number of hydrogen-bond donors (Lipinski definition) is 1. The molecule has 0 radical (unpaired) electrons. The molecule has 0 amide bonds. The van der Waals surface area contributed by atoms with Crippen LogP contribution in [0.2, 0.25) is 0 Å². The van der Waals surface area contributed by atoms with E-state index in [1.54, 1.807) is 22.2 Å². The highest BCUT2D eigenvalue weighted by atomic mass is 32.1. The summed E-state index contributed by atoms with van der Waals surface area (Å²) >= 11 is 1.79. The van der Waals surface area contributed by atoms with Gasteiger partial charge in [-0.1, -0.05) is 6.92 Å². The molecule has 1 aliphatic rings. The molecule has 22 heavy (non-hydrogen) atoms. The normalized spacial score (nSPS) is 18.0. The van der Waals surface area contributed by atoms with Crippen LogP contribution in [0.5, 0.6) is 0 Å². The molecule has 116 valence electrons. The Morgan fingerprint density at radius 1 is 1.50 bits per heavy atom. The van der Waals surface area contributed by atoms with E-state index in [2.05, 4.69) is 17.0 Å². The lowest BCUT2D eigenvalue weighted by molar-refractivity contribution is 0.303. The van der Waals surface area contributed by atoms with E-state index in [1.165, 1.54) is 22.2 Å². The van der Waals surface area contributed by atoms with Gasteiger partial charge in [-0.3, -0.25) is 0 Å². The predicted molar refractivity (Wildman–Crippen MR) is 87.7 cm³/mol. The van der Waals surface area contributed by atoms with Crippen LogP contribution < -0.4 is 4.90 Å². The lowest BCUT2D eigenvalue weighted by atomic mass is 9.89. The van der Waals surface area contributed by atoms with Gasteiger partial charge in [0.25, 0.3) is 0 Å². The molecule has 3 heterocycles. The summed E-state index contributed by atoms with van der Waals surface area (Å²) in [5, 5.41) is 14.7. The van der Waals surface area contributed by atoms with Crippen molar-refractivity contribution in [3.63, 3.8) is 0 Å². The largest absolute Gasteiger partial charge is 0.395 e. The third-order valence-corrected chi connectivity index (χ3v) is 5.61. The molecule has 6 nitrogen and oxygen atoms in total. The molecule has 1 atom stereocenters. The molecule has 0 spiro atoms. The van der Waals surface area contributed by atoms with E-state index in [9.17, 15) is 5.11 Å². The van der Waals surface area contributed by atoms with E-state index in [0.717, 1.165) is 29.3 Å². The van der Waals surface area contributed by atoms with E-state index in [0.29, 0.717) is 12.5 Å². The SMILES string of the molecule is C[C@H]1CCc2sc3nc(N(C)CCO)n4ncnc4c3c2C1. The molecule has 7 heteroatoms. The highest BCUT2D eigenvalue weighted by Crippen LogP contribution is 2.39. The Morgan fingerprint density at radius 3 is 3.18 bits per heavy atom. The number of likely N-dealkylation sites (N-methyl/N-ethyl adjacent to an activating group) is 1. The third kappa shape index (κ3) is 1.99. The molecule has 1 N–H and O–H groups in total. The molecule has 3 aromatic rings. The first kappa shape index (κ1) is 13.9. The fraction of sp³-hybridized carbons (Fsp3) is 0.533. The number of fused-ring (bicyclic) bond motifs is 5. The highest BCUT2D eigenvalue weighted by molar-refractivity contribution is 7.19. The summed E-state index contributed by atoms with van der Waals surface area (Å²) in [4.78, 5) is 13.7. The van der Waals surface area contributed by atoms with Gasteiger partial charge in [0, 0.05) is 18.5 Å². The third-order valence-electron chi connectivity index (χ3n) is 4.43. The van der Waals surface area contributed by atoms with Crippen molar-refractivity contribution in [2.75, 3.05) is 25.1 Å². The second-order valence-corrected chi connectivity index (χ2v) is 7.17. The number of aryl methyl sites for hydroxylation is 1. The topological polar surface area (TPSA) is 66.5 Å². The minimum absolute atomic E-state index is 0.0882. The lowest BCUT2D eigenvalue weighted by Crippen LogP contribution is -2.25. The Hall–Kier alpha value is -1.73. The molecule has 0 saturated heterocycles. The maximum Gasteiger partial charge on any atom is 0.229 e. The van der Waals surface area contributed by atoms with E-state index in [4.69, 9.17) is 4.98 Å². The number of anilines is 1. The van der Waals surface area contributed by atoms with E-state index >= 15 is 0 Å². The fourth-order valence-electron chi connectivity index (χ4n) is 3.25. The Morgan fingerprint density at radius 2 is 2.36 bits per heavy atom. The number of aliphatic hydroxyl groups excluding tert-OH is 1. The zero-order valence-electron chi connectivity index (χ0n) is 12.8. The number of thiophene rings is 1. The van der Waals surface area contributed by atoms with Crippen LogP contribution in [0, 0.1) is 5.92 Å². The molecule has 0 bridgehead atoms. The van der Waals surface area contributed by atoms with Crippen molar-refractivity contribution in [1.82, 2.24) is 19.6 Å². The first-order valence-corrected chi connectivity index (χ1v) is 8.46. The van der Waals surface area contributed by atoms with Crippen LogP contribution in [0.25, 0.3) is 15.9 Å². The van der Waals surface area contributed by atoms with Crippen LogP contribution in [-0.4, -0.2) is 44.9 Å². The van der Waals surface area contributed by atoms with Gasteiger partial charge < -0.3 is 10.0 Å². The van der Waals surface area contributed by atoms with E-state index < -0.39 is 0 Å². The summed E-state index contributed by atoms with van der Waals surface area (Å²) in [5.74, 6) is 1.45. The van der Waals surface area contributed by atoms with Gasteiger partial charge in [-0.05, 0) is 30.7 Å². The minimum Gasteiger partial charge on any atom is -0.395 e. The zero-order valence-corrected chi connectivity index (χ0v) is 13.6. The van der Waals surface area contributed by atoms with Gasteiger partial charge in [0.15, 0.2) is 5.65 Å². The maximum atomic E-state index is 9.18. The second-order valence-electron chi connectivity index (χ2n) is 6.08. The Kier molecular flexibility index (Phi) is 3.27. The monoisotopic (exact) mass is 317 g/mol. The van der Waals surface area contributed by atoms with Gasteiger partial charge >= 0.3 is 0 Å². The molecular weight excluding hydrogens is 298 g/mol. The van der Waals surface area contributed by atoms with Gasteiger partial charge in [-0.15, -0.1) is 11.3 Å². The van der Waals surface area contributed by atoms with Crippen molar-refractivity contribution < 1.29 is 5.11 Å². The van der Waals surface area contributed by atoms with Crippen LogP contribution in [0.15, 0.2) is 6.33 Å². The Labute approximate surface area is 132 Å². The Bertz CT molecular complexity index is 839.